The van der Waals surface area contributed by atoms with Gasteiger partial charge < -0.3 is 24.4 Å². The molecule has 2 aromatic carbocycles. The number of anilines is 2. The molecule has 4 atom stereocenters. The van der Waals surface area contributed by atoms with Crippen molar-refractivity contribution >= 4 is 51.5 Å². The molecule has 0 spiro atoms. The Morgan fingerprint density at radius 3 is 2.56 bits per heavy atom. The van der Waals surface area contributed by atoms with Gasteiger partial charge >= 0.3 is 0 Å². The van der Waals surface area contributed by atoms with Crippen molar-refractivity contribution in [2.75, 3.05) is 18.5 Å². The summed E-state index contributed by atoms with van der Waals surface area (Å²) in [6, 6.07) is 6.88. The van der Waals surface area contributed by atoms with Crippen LogP contribution in [-0.4, -0.2) is 58.3 Å². The Hall–Kier alpha value is -3.14. The summed E-state index contributed by atoms with van der Waals surface area (Å²) in [5.74, 6) is 0.767. The fraction of sp³-hybridized carbons (Fsp3) is 0.393. The monoisotopic (exact) mass is 572 g/mol. The molecule has 11 heteroatoms. The van der Waals surface area contributed by atoms with Crippen LogP contribution in [0.5, 0.6) is 11.5 Å². The molecule has 3 saturated heterocycles. The van der Waals surface area contributed by atoms with Gasteiger partial charge in [-0.3, -0.25) is 4.79 Å². The summed E-state index contributed by atoms with van der Waals surface area (Å²) in [5.41, 5.74) is 0.729. The van der Waals surface area contributed by atoms with E-state index >= 15 is 0 Å². The van der Waals surface area contributed by atoms with Gasteiger partial charge in [-0.25, -0.2) is 14.4 Å². The van der Waals surface area contributed by atoms with E-state index in [2.05, 4.69) is 21.9 Å². The molecule has 1 N–H and O–H groups in total. The first-order chi connectivity index (χ1) is 18.9. The summed E-state index contributed by atoms with van der Waals surface area (Å²) in [5, 5.41) is 3.59. The van der Waals surface area contributed by atoms with Gasteiger partial charge in [0.15, 0.2) is 17.3 Å². The Bertz CT molecular complexity index is 1420. The minimum atomic E-state index is -0.676. The molecule has 6 rings (SSSR count). The average Bonchev–Trinajstić information content (AvgIpc) is 3.54. The van der Waals surface area contributed by atoms with Gasteiger partial charge in [0.25, 0.3) is 0 Å². The Morgan fingerprint density at radius 1 is 1.10 bits per heavy atom. The van der Waals surface area contributed by atoms with Crippen LogP contribution in [0.2, 0.25) is 10.0 Å². The van der Waals surface area contributed by atoms with E-state index in [0.29, 0.717) is 54.3 Å². The predicted octanol–water partition coefficient (Wildman–Crippen LogP) is 6.07. The highest BCUT2D eigenvalue weighted by molar-refractivity contribution is 6.42. The van der Waals surface area contributed by atoms with Crippen LogP contribution in [-0.2, 0) is 9.53 Å². The van der Waals surface area contributed by atoms with Gasteiger partial charge in [0.1, 0.15) is 24.4 Å². The van der Waals surface area contributed by atoms with E-state index < -0.39 is 5.82 Å². The maximum Gasteiger partial charge on any atom is 0.246 e. The quantitative estimate of drug-likeness (QED) is 0.271. The van der Waals surface area contributed by atoms with E-state index in [1.807, 2.05) is 17.0 Å². The summed E-state index contributed by atoms with van der Waals surface area (Å²) in [4.78, 5) is 23.1. The zero-order chi connectivity index (χ0) is 27.1. The molecular weight excluding hydrogens is 546 g/mol. The van der Waals surface area contributed by atoms with Gasteiger partial charge in [-0.1, -0.05) is 29.8 Å². The van der Waals surface area contributed by atoms with Crippen LogP contribution in [0.15, 0.2) is 43.2 Å². The third-order valence-electron chi connectivity index (χ3n) is 7.58. The summed E-state index contributed by atoms with van der Waals surface area (Å²) in [6.07, 6.45) is 6.67. The van der Waals surface area contributed by atoms with Crippen LogP contribution >= 0.6 is 23.2 Å². The van der Waals surface area contributed by atoms with E-state index in [1.54, 1.807) is 0 Å². The molecule has 3 aromatic rings. The minimum absolute atomic E-state index is 0.0284. The van der Waals surface area contributed by atoms with Crippen LogP contribution in [0.1, 0.15) is 32.1 Å². The number of ether oxygens (including phenoxy) is 3. The number of benzene rings is 2. The van der Waals surface area contributed by atoms with Crippen molar-refractivity contribution in [1.29, 1.82) is 0 Å². The van der Waals surface area contributed by atoms with Gasteiger partial charge in [0, 0.05) is 42.8 Å². The molecule has 0 aliphatic carbocycles. The topological polar surface area (TPSA) is 85.8 Å². The molecule has 3 fully saturated rings. The molecule has 3 aliphatic heterocycles. The Balaban J connectivity index is 1.34. The van der Waals surface area contributed by atoms with E-state index in [9.17, 15) is 9.18 Å². The van der Waals surface area contributed by atoms with Crippen LogP contribution < -0.4 is 14.8 Å². The highest BCUT2D eigenvalue weighted by Crippen LogP contribution is 2.42. The number of fused-ring (bicyclic) bond motifs is 3. The second-order valence-electron chi connectivity index (χ2n) is 10.0. The summed E-state index contributed by atoms with van der Waals surface area (Å²) >= 11 is 12.0. The van der Waals surface area contributed by atoms with Crippen LogP contribution in [0, 0.1) is 5.82 Å². The smallest absolute Gasteiger partial charge is 0.246 e. The summed E-state index contributed by atoms with van der Waals surface area (Å²) < 4.78 is 33.2. The number of aromatic nitrogens is 2. The molecule has 3 aliphatic rings. The SMILES string of the molecule is C=CC(=O)N1[C@@H]2CC[C@H]1C[C@H](Oc1cc3c(Nc4ccc(Cl)c(Cl)c4F)ncnc3cc1O[C@H]1CCOC1)C2. The molecule has 1 aromatic heterocycles. The number of nitrogens with zero attached hydrogens (tertiary/aromatic N) is 3. The van der Waals surface area contributed by atoms with Crippen molar-refractivity contribution < 1.29 is 23.4 Å². The van der Waals surface area contributed by atoms with Crippen LogP contribution in [0.4, 0.5) is 15.9 Å². The van der Waals surface area contributed by atoms with Gasteiger partial charge in [-0.05, 0) is 37.1 Å². The third-order valence-corrected chi connectivity index (χ3v) is 8.36. The molecule has 39 heavy (non-hydrogen) atoms. The summed E-state index contributed by atoms with van der Waals surface area (Å²) in [7, 11) is 0. The number of carbonyl (C=O) groups is 1. The number of carbonyl (C=O) groups excluding carboxylic acids is 1. The van der Waals surface area contributed by atoms with Gasteiger partial charge in [0.05, 0.1) is 34.5 Å². The lowest BCUT2D eigenvalue weighted by Crippen LogP contribution is -2.48. The van der Waals surface area contributed by atoms with Gasteiger partial charge in [-0.2, -0.15) is 0 Å². The first-order valence-corrected chi connectivity index (χ1v) is 13.7. The molecule has 2 bridgehead atoms. The lowest BCUT2D eigenvalue weighted by molar-refractivity contribution is -0.131. The minimum Gasteiger partial charge on any atom is -0.486 e. The highest BCUT2D eigenvalue weighted by atomic mass is 35.5. The normalized spacial score (nSPS) is 24.1. The lowest BCUT2D eigenvalue weighted by Gasteiger charge is -2.38. The van der Waals surface area contributed by atoms with Crippen molar-refractivity contribution in [3.63, 3.8) is 0 Å². The van der Waals surface area contributed by atoms with Crippen molar-refractivity contribution in [3.05, 3.63) is 59.1 Å². The third kappa shape index (κ3) is 5.11. The first kappa shape index (κ1) is 26.1. The van der Waals surface area contributed by atoms with E-state index in [0.717, 1.165) is 19.3 Å². The molecule has 4 heterocycles. The largest absolute Gasteiger partial charge is 0.486 e. The van der Waals surface area contributed by atoms with Gasteiger partial charge in [-0.15, -0.1) is 0 Å². The molecule has 1 amide bonds. The maximum atomic E-state index is 14.8. The Kier molecular flexibility index (Phi) is 7.22. The molecule has 204 valence electrons. The predicted molar refractivity (Wildman–Crippen MR) is 147 cm³/mol. The van der Waals surface area contributed by atoms with Gasteiger partial charge in [0.2, 0.25) is 5.91 Å². The Morgan fingerprint density at radius 2 is 1.85 bits per heavy atom. The zero-order valence-corrected chi connectivity index (χ0v) is 22.6. The number of hydrogen-bond acceptors (Lipinski definition) is 7. The van der Waals surface area contributed by atoms with Crippen molar-refractivity contribution in [3.8, 4) is 11.5 Å². The van der Waals surface area contributed by atoms with Crippen LogP contribution in [0.25, 0.3) is 10.9 Å². The van der Waals surface area contributed by atoms with E-state index in [4.69, 9.17) is 37.4 Å². The molecule has 0 radical (unpaired) electrons. The van der Waals surface area contributed by atoms with E-state index in [1.165, 1.54) is 24.5 Å². The molecule has 8 nitrogen and oxygen atoms in total. The fourth-order valence-corrected chi connectivity index (χ4v) is 6.06. The fourth-order valence-electron chi connectivity index (χ4n) is 5.75. The lowest BCUT2D eigenvalue weighted by atomic mass is 9.99. The Labute approximate surface area is 235 Å². The van der Waals surface area contributed by atoms with Crippen molar-refractivity contribution in [2.24, 2.45) is 0 Å². The second-order valence-corrected chi connectivity index (χ2v) is 10.8. The van der Waals surface area contributed by atoms with E-state index in [-0.39, 0.29) is 45.9 Å². The average molecular weight is 573 g/mol. The number of amides is 1. The van der Waals surface area contributed by atoms with Crippen molar-refractivity contribution in [2.45, 2.75) is 56.4 Å². The number of rotatable bonds is 7. The molecular formula is C28H27Cl2FN4O4. The second kappa shape index (κ2) is 10.8. The number of nitrogens with one attached hydrogen (secondary N) is 1. The summed E-state index contributed by atoms with van der Waals surface area (Å²) in [6.45, 7) is 4.79. The zero-order valence-electron chi connectivity index (χ0n) is 21.0. The first-order valence-electron chi connectivity index (χ1n) is 13.0. The van der Waals surface area contributed by atoms with Crippen LogP contribution in [0.3, 0.4) is 0 Å². The molecule has 0 unspecified atom stereocenters. The highest BCUT2D eigenvalue weighted by Gasteiger charge is 2.43. The van der Waals surface area contributed by atoms with Crippen molar-refractivity contribution in [1.82, 2.24) is 14.9 Å². The number of halogens is 3. The maximum absolute atomic E-state index is 14.8. The molecule has 0 saturated carbocycles. The standard InChI is InChI=1S/C28H27Cl2FN4O4/c1-2-25(36)35-15-3-4-16(35)10-18(9-15)39-23-11-19-22(12-24(23)38-17-7-8-37-13-17)32-14-33-28(19)34-21-6-5-20(29)26(30)27(21)31/h2,5-6,11-12,14-18H,1,3-4,7-10,13H2,(H,32,33,34)/t15-,16+,17-,18-/m0/s1. The number of hydrogen-bond donors (Lipinski definition) is 1. The number of piperidine rings is 1.